The van der Waals surface area contributed by atoms with E-state index in [1.54, 1.807) is 0 Å². The third-order valence-corrected chi connectivity index (χ3v) is 4.73. The van der Waals surface area contributed by atoms with Crippen LogP contribution in [0.2, 0.25) is 0 Å². The molecular formula is C19H31ClN2O. The van der Waals surface area contributed by atoms with Crippen molar-refractivity contribution in [2.45, 2.75) is 45.4 Å². The highest BCUT2D eigenvalue weighted by atomic mass is 35.5. The number of nitrogens with zero attached hydrogens (tertiary/aromatic N) is 1. The van der Waals surface area contributed by atoms with Gasteiger partial charge in [0, 0.05) is 19.5 Å². The normalized spacial score (nSPS) is 15.6. The third kappa shape index (κ3) is 6.15. The number of hydrogen-bond acceptors (Lipinski definition) is 2. The number of aryl methyl sites for hydroxylation is 1. The Kier molecular flexibility index (Phi) is 8.64. The van der Waals surface area contributed by atoms with Gasteiger partial charge in [0.1, 0.15) is 0 Å². The molecule has 1 saturated heterocycles. The van der Waals surface area contributed by atoms with E-state index in [-0.39, 0.29) is 12.4 Å². The quantitative estimate of drug-likeness (QED) is 0.859. The molecule has 1 aliphatic rings. The van der Waals surface area contributed by atoms with Crippen molar-refractivity contribution in [3.63, 3.8) is 0 Å². The van der Waals surface area contributed by atoms with E-state index in [2.05, 4.69) is 48.3 Å². The maximum absolute atomic E-state index is 12.3. The van der Waals surface area contributed by atoms with Gasteiger partial charge in [0.2, 0.25) is 5.91 Å². The summed E-state index contributed by atoms with van der Waals surface area (Å²) in [6, 6.07) is 8.71. The summed E-state index contributed by atoms with van der Waals surface area (Å²) in [4.78, 5) is 14.4. The molecule has 0 aromatic heterocycles. The lowest BCUT2D eigenvalue weighted by Crippen LogP contribution is -2.40. The molecule has 0 unspecified atom stereocenters. The van der Waals surface area contributed by atoms with Gasteiger partial charge in [-0.05, 0) is 55.8 Å². The number of rotatable bonds is 6. The Bertz CT molecular complexity index is 465. The van der Waals surface area contributed by atoms with Crippen LogP contribution < -0.4 is 5.32 Å². The first-order valence-corrected chi connectivity index (χ1v) is 8.61. The third-order valence-electron chi connectivity index (χ3n) is 4.73. The maximum atomic E-state index is 12.3. The average molecular weight is 339 g/mol. The maximum Gasteiger partial charge on any atom is 0.222 e. The van der Waals surface area contributed by atoms with Gasteiger partial charge < -0.3 is 10.2 Å². The van der Waals surface area contributed by atoms with Crippen molar-refractivity contribution in [1.82, 2.24) is 10.2 Å². The van der Waals surface area contributed by atoms with Gasteiger partial charge in [0.15, 0.2) is 0 Å². The van der Waals surface area contributed by atoms with E-state index in [4.69, 9.17) is 0 Å². The van der Waals surface area contributed by atoms with Crippen LogP contribution in [0.3, 0.4) is 0 Å². The second-order valence-corrected chi connectivity index (χ2v) is 6.78. The molecule has 1 aromatic carbocycles. The van der Waals surface area contributed by atoms with Gasteiger partial charge in [-0.3, -0.25) is 4.79 Å². The fourth-order valence-corrected chi connectivity index (χ4v) is 3.15. The van der Waals surface area contributed by atoms with Gasteiger partial charge in [-0.2, -0.15) is 0 Å². The van der Waals surface area contributed by atoms with Crippen molar-refractivity contribution in [3.05, 3.63) is 35.4 Å². The molecule has 130 valence electrons. The number of carbonyl (C=O) groups excluding carboxylic acids is 1. The summed E-state index contributed by atoms with van der Waals surface area (Å²) in [6.07, 6.45) is 3.76. The lowest BCUT2D eigenvalue weighted by molar-refractivity contribution is -0.132. The molecule has 0 bridgehead atoms. The Labute approximate surface area is 147 Å². The van der Waals surface area contributed by atoms with E-state index in [9.17, 15) is 4.79 Å². The van der Waals surface area contributed by atoms with Crippen LogP contribution in [0.25, 0.3) is 0 Å². The summed E-state index contributed by atoms with van der Waals surface area (Å²) in [5.74, 6) is 1.61. The Morgan fingerprint density at radius 1 is 1.22 bits per heavy atom. The minimum atomic E-state index is 0. The number of carbonyl (C=O) groups is 1. The number of piperidine rings is 1. The molecule has 4 heteroatoms. The number of nitrogens with one attached hydrogen (secondary N) is 1. The molecular weight excluding hydrogens is 308 g/mol. The number of hydrogen-bond donors (Lipinski definition) is 1. The summed E-state index contributed by atoms with van der Waals surface area (Å²) in [6.45, 7) is 7.34. The summed E-state index contributed by atoms with van der Waals surface area (Å²) in [5.41, 5.74) is 2.63. The SMILES string of the molecule is CNCC1CCN(C(=O)CCc2ccc(C(C)C)cc2)CC1.Cl. The second kappa shape index (κ2) is 9.94. The Morgan fingerprint density at radius 2 is 1.83 bits per heavy atom. The lowest BCUT2D eigenvalue weighted by atomic mass is 9.96. The van der Waals surface area contributed by atoms with Crippen LogP contribution in [0.4, 0.5) is 0 Å². The second-order valence-electron chi connectivity index (χ2n) is 6.78. The first-order chi connectivity index (χ1) is 10.6. The number of benzene rings is 1. The zero-order valence-electron chi connectivity index (χ0n) is 14.7. The monoisotopic (exact) mass is 338 g/mol. The van der Waals surface area contributed by atoms with Crippen molar-refractivity contribution in [2.75, 3.05) is 26.7 Å². The number of halogens is 1. The van der Waals surface area contributed by atoms with Crippen molar-refractivity contribution in [3.8, 4) is 0 Å². The van der Waals surface area contributed by atoms with Crippen LogP contribution >= 0.6 is 12.4 Å². The van der Waals surface area contributed by atoms with Gasteiger partial charge in [-0.1, -0.05) is 38.1 Å². The van der Waals surface area contributed by atoms with Crippen LogP contribution in [0.15, 0.2) is 24.3 Å². The van der Waals surface area contributed by atoms with E-state index in [0.717, 1.165) is 44.8 Å². The molecule has 2 rings (SSSR count). The Hall–Kier alpha value is -1.06. The zero-order chi connectivity index (χ0) is 15.9. The number of likely N-dealkylation sites (tertiary alicyclic amines) is 1. The molecule has 23 heavy (non-hydrogen) atoms. The predicted molar refractivity (Wildman–Crippen MR) is 99.3 cm³/mol. The molecule has 1 heterocycles. The average Bonchev–Trinajstić information content (AvgIpc) is 2.54. The smallest absolute Gasteiger partial charge is 0.222 e. The Morgan fingerprint density at radius 3 is 2.35 bits per heavy atom. The van der Waals surface area contributed by atoms with Gasteiger partial charge >= 0.3 is 0 Å². The topological polar surface area (TPSA) is 32.3 Å². The molecule has 1 N–H and O–H groups in total. The van der Waals surface area contributed by atoms with E-state index < -0.39 is 0 Å². The lowest BCUT2D eigenvalue weighted by Gasteiger charge is -2.32. The minimum Gasteiger partial charge on any atom is -0.343 e. The summed E-state index contributed by atoms with van der Waals surface area (Å²) in [5, 5.41) is 3.24. The van der Waals surface area contributed by atoms with Crippen molar-refractivity contribution < 1.29 is 4.79 Å². The highest BCUT2D eigenvalue weighted by molar-refractivity contribution is 5.85. The molecule has 1 aliphatic heterocycles. The fraction of sp³-hybridized carbons (Fsp3) is 0.632. The highest BCUT2D eigenvalue weighted by Gasteiger charge is 2.21. The standard InChI is InChI=1S/C19H30N2O.ClH/c1-15(2)18-7-4-16(5-8-18)6-9-19(22)21-12-10-17(11-13-21)14-20-3;/h4-5,7-8,15,17,20H,6,9-14H2,1-3H3;1H. The predicted octanol–water partition coefficient (Wildman–Crippen LogP) is 3.62. The first-order valence-electron chi connectivity index (χ1n) is 8.61. The van der Waals surface area contributed by atoms with Gasteiger partial charge in [-0.15, -0.1) is 12.4 Å². The van der Waals surface area contributed by atoms with Crippen molar-refractivity contribution in [1.29, 1.82) is 0 Å². The van der Waals surface area contributed by atoms with Crippen molar-refractivity contribution >= 4 is 18.3 Å². The van der Waals surface area contributed by atoms with Crippen LogP contribution in [0.5, 0.6) is 0 Å². The molecule has 1 fully saturated rings. The van der Waals surface area contributed by atoms with Crippen molar-refractivity contribution in [2.24, 2.45) is 5.92 Å². The summed E-state index contributed by atoms with van der Waals surface area (Å²) in [7, 11) is 2.00. The van der Waals surface area contributed by atoms with Crippen LogP contribution in [-0.4, -0.2) is 37.5 Å². The molecule has 0 aliphatic carbocycles. The minimum absolute atomic E-state index is 0. The molecule has 1 amide bonds. The molecule has 0 saturated carbocycles. The molecule has 3 nitrogen and oxygen atoms in total. The van der Waals surface area contributed by atoms with E-state index >= 15 is 0 Å². The van der Waals surface area contributed by atoms with E-state index in [1.807, 2.05) is 7.05 Å². The fourth-order valence-electron chi connectivity index (χ4n) is 3.15. The molecule has 0 radical (unpaired) electrons. The summed E-state index contributed by atoms with van der Waals surface area (Å²) >= 11 is 0. The molecule has 0 spiro atoms. The molecule has 1 aromatic rings. The summed E-state index contributed by atoms with van der Waals surface area (Å²) < 4.78 is 0. The van der Waals surface area contributed by atoms with E-state index in [0.29, 0.717) is 18.2 Å². The zero-order valence-corrected chi connectivity index (χ0v) is 15.5. The van der Waals surface area contributed by atoms with E-state index in [1.165, 1.54) is 11.1 Å². The molecule has 0 atom stereocenters. The largest absolute Gasteiger partial charge is 0.343 e. The highest BCUT2D eigenvalue weighted by Crippen LogP contribution is 2.18. The van der Waals surface area contributed by atoms with Gasteiger partial charge in [-0.25, -0.2) is 0 Å². The number of amides is 1. The van der Waals surface area contributed by atoms with Crippen LogP contribution in [-0.2, 0) is 11.2 Å². The Balaban J connectivity index is 0.00000264. The van der Waals surface area contributed by atoms with Crippen LogP contribution in [0, 0.1) is 5.92 Å². The van der Waals surface area contributed by atoms with Crippen LogP contribution in [0.1, 0.15) is 50.2 Å². The van der Waals surface area contributed by atoms with Gasteiger partial charge in [0.05, 0.1) is 0 Å². The first kappa shape index (κ1) is 20.0. The van der Waals surface area contributed by atoms with Gasteiger partial charge in [0.25, 0.3) is 0 Å².